The number of para-hydroxylation sites is 1. The molecule has 56 heavy (non-hydrogen) atoms. The fraction of sp³-hybridized carbons (Fsp3) is 0.236. The molecule has 4 fully saturated rings. The van der Waals surface area contributed by atoms with Crippen LogP contribution >= 0.6 is 0 Å². The second-order valence-electron chi connectivity index (χ2n) is 17.8. The number of hydrogen-bond acceptors (Lipinski definition) is 1. The van der Waals surface area contributed by atoms with E-state index in [0.717, 1.165) is 23.7 Å². The van der Waals surface area contributed by atoms with Gasteiger partial charge >= 0.3 is 0 Å². The molecule has 1 heteroatoms. The Hall–Kier alpha value is -5.66. The molecule has 0 aromatic heterocycles. The Morgan fingerprint density at radius 3 is 1.59 bits per heavy atom. The van der Waals surface area contributed by atoms with E-state index in [1.54, 1.807) is 5.56 Å². The SMILES string of the molecule is CC1(C)c2ccccc2-c2ccc(N(c3ccc(C4C5CC6CC(C5)CC4C6)cc3)c3ccccc3-c3ccccc3-c3ccccc3-c3ccccc3)cc21. The summed E-state index contributed by atoms with van der Waals surface area (Å²) in [5.74, 6) is 4.42. The van der Waals surface area contributed by atoms with Crippen LogP contribution in [0.2, 0.25) is 0 Å². The average Bonchev–Trinajstić information content (AvgIpc) is 3.47. The third-order valence-electron chi connectivity index (χ3n) is 14.3. The molecule has 0 saturated heterocycles. The first-order valence-electron chi connectivity index (χ1n) is 21.0. The van der Waals surface area contributed by atoms with Crippen molar-refractivity contribution >= 4 is 17.1 Å². The zero-order chi connectivity index (χ0) is 37.4. The summed E-state index contributed by atoms with van der Waals surface area (Å²) in [5, 5.41) is 0. The van der Waals surface area contributed by atoms with Crippen molar-refractivity contribution in [2.75, 3.05) is 4.90 Å². The van der Waals surface area contributed by atoms with Gasteiger partial charge in [0.1, 0.15) is 0 Å². The van der Waals surface area contributed by atoms with Gasteiger partial charge in [0.05, 0.1) is 5.69 Å². The molecule has 4 bridgehead atoms. The lowest BCUT2D eigenvalue weighted by Crippen LogP contribution is -2.43. The van der Waals surface area contributed by atoms with E-state index < -0.39 is 0 Å². The van der Waals surface area contributed by atoms with Crippen molar-refractivity contribution in [3.8, 4) is 44.5 Å². The normalized spacial score (nSPS) is 22.4. The van der Waals surface area contributed by atoms with Gasteiger partial charge in [-0.2, -0.15) is 0 Å². The maximum absolute atomic E-state index is 2.54. The molecular formula is C55H49N. The quantitative estimate of drug-likeness (QED) is 0.158. The monoisotopic (exact) mass is 723 g/mol. The van der Waals surface area contributed by atoms with Crippen molar-refractivity contribution in [1.29, 1.82) is 0 Å². The number of nitrogens with zero attached hydrogens (tertiary/aromatic N) is 1. The van der Waals surface area contributed by atoms with Crippen LogP contribution in [0.3, 0.4) is 0 Å². The van der Waals surface area contributed by atoms with Crippen LogP contribution in [-0.2, 0) is 5.41 Å². The van der Waals surface area contributed by atoms with E-state index >= 15 is 0 Å². The van der Waals surface area contributed by atoms with Gasteiger partial charge in [0, 0.05) is 22.4 Å². The molecule has 0 unspecified atom stereocenters. The van der Waals surface area contributed by atoms with E-state index in [2.05, 4.69) is 189 Å². The van der Waals surface area contributed by atoms with Crippen LogP contribution in [-0.4, -0.2) is 0 Å². The minimum Gasteiger partial charge on any atom is -0.310 e. The fourth-order valence-corrected chi connectivity index (χ4v) is 12.0. The van der Waals surface area contributed by atoms with Gasteiger partial charge in [0.15, 0.2) is 0 Å². The predicted molar refractivity (Wildman–Crippen MR) is 235 cm³/mol. The lowest BCUT2D eigenvalue weighted by molar-refractivity contribution is -0.00277. The van der Waals surface area contributed by atoms with Gasteiger partial charge in [0.25, 0.3) is 0 Å². The highest BCUT2D eigenvalue weighted by atomic mass is 15.1. The Morgan fingerprint density at radius 1 is 0.411 bits per heavy atom. The Morgan fingerprint density at radius 2 is 0.911 bits per heavy atom. The summed E-state index contributed by atoms with van der Waals surface area (Å²) in [6.07, 6.45) is 7.27. The maximum atomic E-state index is 2.54. The summed E-state index contributed by atoms with van der Waals surface area (Å²) in [6, 6.07) is 63.8. The summed E-state index contributed by atoms with van der Waals surface area (Å²) >= 11 is 0. The van der Waals surface area contributed by atoms with E-state index in [-0.39, 0.29) is 5.41 Å². The Bertz CT molecular complexity index is 2550. The molecule has 7 aromatic carbocycles. The smallest absolute Gasteiger partial charge is 0.0540 e. The van der Waals surface area contributed by atoms with Crippen molar-refractivity contribution in [1.82, 2.24) is 0 Å². The van der Waals surface area contributed by atoms with Gasteiger partial charge < -0.3 is 4.90 Å². The molecule has 5 aliphatic rings. The molecule has 0 N–H and O–H groups in total. The summed E-state index contributed by atoms with van der Waals surface area (Å²) in [5.41, 5.74) is 18.0. The molecule has 0 atom stereocenters. The number of anilines is 3. The van der Waals surface area contributed by atoms with E-state index in [1.165, 1.54) is 105 Å². The molecule has 12 rings (SSSR count). The molecule has 0 amide bonds. The number of rotatable bonds is 7. The van der Waals surface area contributed by atoms with Crippen molar-refractivity contribution in [3.63, 3.8) is 0 Å². The van der Waals surface area contributed by atoms with Gasteiger partial charge in [-0.05, 0) is 148 Å². The zero-order valence-electron chi connectivity index (χ0n) is 32.5. The van der Waals surface area contributed by atoms with E-state index in [1.807, 2.05) is 0 Å². The van der Waals surface area contributed by atoms with E-state index in [4.69, 9.17) is 0 Å². The first-order chi connectivity index (χ1) is 27.5. The molecule has 0 aliphatic heterocycles. The maximum Gasteiger partial charge on any atom is 0.0540 e. The van der Waals surface area contributed by atoms with E-state index in [0.29, 0.717) is 5.92 Å². The van der Waals surface area contributed by atoms with Crippen LogP contribution in [0.1, 0.15) is 68.6 Å². The molecular weight excluding hydrogens is 675 g/mol. The predicted octanol–water partition coefficient (Wildman–Crippen LogP) is 15.0. The second-order valence-corrected chi connectivity index (χ2v) is 17.8. The van der Waals surface area contributed by atoms with Crippen molar-refractivity contribution < 1.29 is 0 Å². The van der Waals surface area contributed by atoms with Gasteiger partial charge in [-0.25, -0.2) is 0 Å². The number of benzene rings is 7. The van der Waals surface area contributed by atoms with Gasteiger partial charge in [0.2, 0.25) is 0 Å². The van der Waals surface area contributed by atoms with Crippen LogP contribution in [0.5, 0.6) is 0 Å². The third kappa shape index (κ3) is 5.42. The highest BCUT2D eigenvalue weighted by Gasteiger charge is 2.48. The molecule has 1 nitrogen and oxygen atoms in total. The van der Waals surface area contributed by atoms with Crippen LogP contribution in [0.25, 0.3) is 44.5 Å². The Kier molecular flexibility index (Phi) is 7.95. The zero-order valence-corrected chi connectivity index (χ0v) is 32.5. The highest BCUT2D eigenvalue weighted by molar-refractivity contribution is 5.97. The number of fused-ring (bicyclic) bond motifs is 3. The molecule has 0 radical (unpaired) electrons. The van der Waals surface area contributed by atoms with Crippen molar-refractivity contribution in [2.24, 2.45) is 23.7 Å². The third-order valence-corrected chi connectivity index (χ3v) is 14.3. The molecule has 4 saturated carbocycles. The summed E-state index contributed by atoms with van der Waals surface area (Å²) in [4.78, 5) is 2.54. The molecule has 5 aliphatic carbocycles. The highest BCUT2D eigenvalue weighted by Crippen LogP contribution is 2.60. The van der Waals surface area contributed by atoms with Crippen LogP contribution in [0.4, 0.5) is 17.1 Å². The second kappa shape index (κ2) is 13.2. The topological polar surface area (TPSA) is 3.24 Å². The average molecular weight is 724 g/mol. The minimum absolute atomic E-state index is 0.0931. The van der Waals surface area contributed by atoms with E-state index in [9.17, 15) is 0 Å². The minimum atomic E-state index is -0.0931. The Balaban J connectivity index is 1.07. The lowest BCUT2D eigenvalue weighted by Gasteiger charge is -2.54. The van der Waals surface area contributed by atoms with Crippen molar-refractivity contribution in [2.45, 2.75) is 57.3 Å². The van der Waals surface area contributed by atoms with Gasteiger partial charge in [-0.1, -0.05) is 153 Å². The fourth-order valence-electron chi connectivity index (χ4n) is 12.0. The van der Waals surface area contributed by atoms with Gasteiger partial charge in [-0.3, -0.25) is 0 Å². The van der Waals surface area contributed by atoms with Crippen molar-refractivity contribution in [3.05, 3.63) is 187 Å². The first-order valence-corrected chi connectivity index (χ1v) is 21.0. The first kappa shape index (κ1) is 33.7. The van der Waals surface area contributed by atoms with Crippen LogP contribution in [0.15, 0.2) is 170 Å². The summed E-state index contributed by atoms with van der Waals surface area (Å²) in [6.45, 7) is 4.78. The lowest BCUT2D eigenvalue weighted by atomic mass is 9.51. The standard InChI is InChI=1S/C55H49N/c1-55(2)51-22-12-10-20-48(51)49-29-28-43(35-52(49)55)56(42-26-24-39(25-27-42)54-40-31-36-30-37(33-40)34-41(54)32-36)53-23-13-11-21-50(53)47-19-9-8-18-46(47)45-17-7-6-16-44(45)38-14-4-3-5-15-38/h3-29,35-37,40-41,54H,30-34H2,1-2H3. The molecule has 274 valence electrons. The van der Waals surface area contributed by atoms with Crippen LogP contribution < -0.4 is 4.90 Å². The molecule has 0 spiro atoms. The summed E-state index contributed by atoms with van der Waals surface area (Å²) < 4.78 is 0. The Labute approximate surface area is 332 Å². The summed E-state index contributed by atoms with van der Waals surface area (Å²) in [7, 11) is 0. The largest absolute Gasteiger partial charge is 0.310 e. The van der Waals surface area contributed by atoms with Gasteiger partial charge in [-0.15, -0.1) is 0 Å². The van der Waals surface area contributed by atoms with Crippen LogP contribution in [0, 0.1) is 23.7 Å². The number of hydrogen-bond donors (Lipinski definition) is 0. The molecule has 0 heterocycles. The molecule has 7 aromatic rings.